The third-order valence-electron chi connectivity index (χ3n) is 2.39. The molecule has 0 fully saturated rings. The smallest absolute Gasteiger partial charge is 0.292 e. The van der Waals surface area contributed by atoms with Gasteiger partial charge in [0.2, 0.25) is 5.95 Å². The number of anilines is 1. The molecule has 0 bridgehead atoms. The van der Waals surface area contributed by atoms with Crippen molar-refractivity contribution in [1.29, 1.82) is 0 Å². The summed E-state index contributed by atoms with van der Waals surface area (Å²) in [5.74, 6) is -1.38. The van der Waals surface area contributed by atoms with Gasteiger partial charge in [0.05, 0.1) is 10.5 Å². The standard InChI is InChI=1S/C12H7ClFN3O3/c13-8-2-3-10(17(19)20)9(5-8)16-12(18)7-1-4-11(14)15-6-7/h1-6H,(H,16,18). The highest BCUT2D eigenvalue weighted by atomic mass is 35.5. The average Bonchev–Trinajstić information content (AvgIpc) is 2.39. The van der Waals surface area contributed by atoms with Crippen LogP contribution in [0, 0.1) is 16.1 Å². The minimum atomic E-state index is -0.727. The molecule has 0 atom stereocenters. The van der Waals surface area contributed by atoms with Crippen LogP contribution in [0.2, 0.25) is 5.02 Å². The van der Waals surface area contributed by atoms with E-state index in [1.807, 2.05) is 0 Å². The highest BCUT2D eigenvalue weighted by molar-refractivity contribution is 6.31. The molecule has 0 spiro atoms. The van der Waals surface area contributed by atoms with E-state index >= 15 is 0 Å². The summed E-state index contributed by atoms with van der Waals surface area (Å²) in [6.07, 6.45) is 1.03. The molecule has 0 aliphatic rings. The molecule has 0 aliphatic carbocycles. The SMILES string of the molecule is O=C(Nc1cc(Cl)ccc1[N+](=O)[O-])c1ccc(F)nc1. The normalized spacial score (nSPS) is 10.1. The van der Waals surface area contributed by atoms with E-state index in [9.17, 15) is 19.3 Å². The van der Waals surface area contributed by atoms with Crippen molar-refractivity contribution in [3.05, 3.63) is 63.2 Å². The van der Waals surface area contributed by atoms with Crippen LogP contribution < -0.4 is 5.32 Å². The molecule has 0 unspecified atom stereocenters. The molecule has 2 rings (SSSR count). The van der Waals surface area contributed by atoms with Crippen LogP contribution in [0.15, 0.2) is 36.5 Å². The lowest BCUT2D eigenvalue weighted by atomic mass is 10.2. The molecule has 1 aromatic heterocycles. The average molecular weight is 296 g/mol. The van der Waals surface area contributed by atoms with E-state index in [-0.39, 0.29) is 22.0 Å². The van der Waals surface area contributed by atoms with Gasteiger partial charge < -0.3 is 5.32 Å². The summed E-state index contributed by atoms with van der Waals surface area (Å²) in [5, 5.41) is 13.4. The number of hydrogen-bond acceptors (Lipinski definition) is 4. The van der Waals surface area contributed by atoms with E-state index in [4.69, 9.17) is 11.6 Å². The number of carbonyl (C=O) groups is 1. The van der Waals surface area contributed by atoms with Gasteiger partial charge in [-0.1, -0.05) is 11.6 Å². The number of hydrogen-bond donors (Lipinski definition) is 1. The van der Waals surface area contributed by atoms with E-state index in [0.29, 0.717) is 0 Å². The van der Waals surface area contributed by atoms with Crippen molar-refractivity contribution in [3.8, 4) is 0 Å². The second-order valence-corrected chi connectivity index (χ2v) is 4.18. The number of amides is 1. The molecule has 2 aromatic rings. The van der Waals surface area contributed by atoms with Gasteiger partial charge in [0.15, 0.2) is 0 Å². The third kappa shape index (κ3) is 3.07. The summed E-state index contributed by atoms with van der Waals surface area (Å²) in [6.45, 7) is 0. The number of halogens is 2. The van der Waals surface area contributed by atoms with Gasteiger partial charge in [0, 0.05) is 17.3 Å². The monoisotopic (exact) mass is 295 g/mol. The lowest BCUT2D eigenvalue weighted by Crippen LogP contribution is -2.13. The van der Waals surface area contributed by atoms with Crippen molar-refractivity contribution in [2.75, 3.05) is 5.32 Å². The Morgan fingerprint density at radius 2 is 2.10 bits per heavy atom. The topological polar surface area (TPSA) is 85.1 Å². The first-order valence-electron chi connectivity index (χ1n) is 5.34. The van der Waals surface area contributed by atoms with E-state index in [2.05, 4.69) is 10.3 Å². The van der Waals surface area contributed by atoms with Crippen LogP contribution in [-0.4, -0.2) is 15.8 Å². The minimum Gasteiger partial charge on any atom is -0.316 e. The maximum absolute atomic E-state index is 12.7. The summed E-state index contributed by atoms with van der Waals surface area (Å²) in [7, 11) is 0. The fourth-order valence-electron chi connectivity index (χ4n) is 1.47. The molecule has 0 saturated heterocycles. The van der Waals surface area contributed by atoms with Gasteiger partial charge in [0.25, 0.3) is 11.6 Å². The van der Waals surface area contributed by atoms with Gasteiger partial charge in [-0.15, -0.1) is 0 Å². The summed E-state index contributed by atoms with van der Waals surface area (Å²) in [5.41, 5.74) is -0.268. The fourth-order valence-corrected chi connectivity index (χ4v) is 1.64. The number of aromatic nitrogens is 1. The fraction of sp³-hybridized carbons (Fsp3) is 0. The number of rotatable bonds is 3. The van der Waals surface area contributed by atoms with Gasteiger partial charge in [-0.05, 0) is 24.3 Å². The maximum Gasteiger partial charge on any atom is 0.292 e. The molecule has 0 aliphatic heterocycles. The number of pyridine rings is 1. The van der Waals surface area contributed by atoms with E-state index < -0.39 is 16.8 Å². The second kappa shape index (κ2) is 5.62. The zero-order chi connectivity index (χ0) is 14.7. The number of nitro groups is 1. The largest absolute Gasteiger partial charge is 0.316 e. The van der Waals surface area contributed by atoms with Crippen molar-refractivity contribution in [1.82, 2.24) is 4.98 Å². The second-order valence-electron chi connectivity index (χ2n) is 3.74. The Morgan fingerprint density at radius 3 is 2.70 bits per heavy atom. The molecule has 1 amide bonds. The Kier molecular flexibility index (Phi) is 3.90. The molecule has 8 heteroatoms. The van der Waals surface area contributed by atoms with Gasteiger partial charge >= 0.3 is 0 Å². The lowest BCUT2D eigenvalue weighted by molar-refractivity contribution is -0.383. The van der Waals surface area contributed by atoms with Crippen molar-refractivity contribution >= 4 is 28.9 Å². The van der Waals surface area contributed by atoms with E-state index in [0.717, 1.165) is 12.3 Å². The number of nitrogens with zero attached hydrogens (tertiary/aromatic N) is 2. The molecule has 20 heavy (non-hydrogen) atoms. The molecule has 0 radical (unpaired) electrons. The molecule has 1 aromatic carbocycles. The van der Waals surface area contributed by atoms with Crippen LogP contribution in [0.4, 0.5) is 15.8 Å². The quantitative estimate of drug-likeness (QED) is 0.536. The third-order valence-corrected chi connectivity index (χ3v) is 2.63. The highest BCUT2D eigenvalue weighted by Gasteiger charge is 2.17. The van der Waals surface area contributed by atoms with Crippen LogP contribution in [0.1, 0.15) is 10.4 Å². The predicted molar refractivity (Wildman–Crippen MR) is 70.3 cm³/mol. The van der Waals surface area contributed by atoms with Gasteiger partial charge in [0.1, 0.15) is 5.69 Å². The predicted octanol–water partition coefficient (Wildman–Crippen LogP) is 3.03. The minimum absolute atomic E-state index is 0.0446. The molecule has 0 saturated carbocycles. The van der Waals surface area contributed by atoms with Crippen LogP contribution in [-0.2, 0) is 0 Å². The first kappa shape index (κ1) is 13.9. The highest BCUT2D eigenvalue weighted by Crippen LogP contribution is 2.27. The maximum atomic E-state index is 12.7. The Hall–Kier alpha value is -2.54. The Bertz CT molecular complexity index is 676. The van der Waals surface area contributed by atoms with Crippen molar-refractivity contribution < 1.29 is 14.1 Å². The first-order chi connectivity index (χ1) is 9.47. The van der Waals surface area contributed by atoms with E-state index in [1.165, 1.54) is 24.3 Å². The Morgan fingerprint density at radius 1 is 1.35 bits per heavy atom. The van der Waals surface area contributed by atoms with Crippen molar-refractivity contribution in [2.24, 2.45) is 0 Å². The number of carbonyl (C=O) groups excluding carboxylic acids is 1. The van der Waals surface area contributed by atoms with Crippen LogP contribution in [0.25, 0.3) is 0 Å². The molecule has 102 valence electrons. The summed E-state index contributed by atoms with van der Waals surface area (Å²) < 4.78 is 12.7. The lowest BCUT2D eigenvalue weighted by Gasteiger charge is -2.06. The Labute approximate surface area is 117 Å². The molecule has 1 heterocycles. The zero-order valence-corrected chi connectivity index (χ0v) is 10.6. The van der Waals surface area contributed by atoms with Crippen LogP contribution in [0.5, 0.6) is 0 Å². The van der Waals surface area contributed by atoms with Crippen LogP contribution >= 0.6 is 11.6 Å². The summed E-state index contributed by atoms with van der Waals surface area (Å²) in [6, 6.07) is 6.01. The van der Waals surface area contributed by atoms with Gasteiger partial charge in [-0.25, -0.2) is 4.98 Å². The zero-order valence-electron chi connectivity index (χ0n) is 9.84. The number of nitro benzene ring substituents is 1. The van der Waals surface area contributed by atoms with Crippen molar-refractivity contribution in [2.45, 2.75) is 0 Å². The number of benzene rings is 1. The molecular weight excluding hydrogens is 289 g/mol. The van der Waals surface area contributed by atoms with Gasteiger partial charge in [-0.2, -0.15) is 4.39 Å². The van der Waals surface area contributed by atoms with Crippen molar-refractivity contribution in [3.63, 3.8) is 0 Å². The first-order valence-corrected chi connectivity index (χ1v) is 5.72. The van der Waals surface area contributed by atoms with E-state index in [1.54, 1.807) is 0 Å². The van der Waals surface area contributed by atoms with Gasteiger partial charge in [-0.3, -0.25) is 14.9 Å². The Balaban J connectivity index is 2.29. The molecular formula is C12H7ClFN3O3. The summed E-state index contributed by atoms with van der Waals surface area (Å²) in [4.78, 5) is 25.4. The number of nitrogens with one attached hydrogen (secondary N) is 1. The van der Waals surface area contributed by atoms with Crippen LogP contribution in [0.3, 0.4) is 0 Å². The molecule has 1 N–H and O–H groups in total. The molecule has 6 nitrogen and oxygen atoms in total. The summed E-state index contributed by atoms with van der Waals surface area (Å²) >= 11 is 5.74.